The molecule has 1 heteroatoms. The maximum absolute atomic E-state index is 2.46. The maximum Gasteiger partial charge on any atom is 2.00 e. The molecule has 0 saturated carbocycles. The molecule has 0 saturated heterocycles. The van der Waals surface area contributed by atoms with Crippen LogP contribution in [0.15, 0.2) is 48.5 Å². The zero-order chi connectivity index (χ0) is 26.3. The Bertz CT molecular complexity index is 1340. The van der Waals surface area contributed by atoms with Crippen LogP contribution >= 0.6 is 0 Å². The van der Waals surface area contributed by atoms with Crippen LogP contribution < -0.4 is 0 Å². The molecule has 0 spiro atoms. The molecule has 0 N–H and O–H groups in total. The van der Waals surface area contributed by atoms with E-state index >= 15 is 0 Å². The molecule has 4 aromatic rings. The van der Waals surface area contributed by atoms with Gasteiger partial charge < -0.3 is 0 Å². The second kappa shape index (κ2) is 9.33. The molecule has 0 aliphatic heterocycles. The van der Waals surface area contributed by atoms with Crippen molar-refractivity contribution in [2.45, 2.75) is 117 Å². The van der Waals surface area contributed by atoms with E-state index in [0.717, 1.165) is 0 Å². The molecule has 2 aliphatic rings. The van der Waals surface area contributed by atoms with Gasteiger partial charge in [-0.05, 0) is 47.3 Å². The molecule has 0 unspecified atom stereocenters. The van der Waals surface area contributed by atoms with Crippen LogP contribution in [-0.4, -0.2) is 0 Å². The van der Waals surface area contributed by atoms with Crippen molar-refractivity contribution in [2.24, 2.45) is 0 Å². The fourth-order valence-corrected chi connectivity index (χ4v) is 6.83. The largest absolute Gasteiger partial charge is 2.00 e. The second-order valence-corrected chi connectivity index (χ2v) is 14.5. The summed E-state index contributed by atoms with van der Waals surface area (Å²) in [5, 5.41) is 5.72. The van der Waals surface area contributed by atoms with Crippen molar-refractivity contribution in [3.63, 3.8) is 0 Å². The topological polar surface area (TPSA) is 0 Å². The first kappa shape index (κ1) is 28.5. The normalized spacial score (nSPS) is 20.4. The minimum absolute atomic E-state index is 0. The van der Waals surface area contributed by atoms with Gasteiger partial charge in [-0.3, -0.25) is 0 Å². The van der Waals surface area contributed by atoms with Crippen LogP contribution in [0.5, 0.6) is 0 Å². The number of hydrogen-bond donors (Lipinski definition) is 0. The van der Waals surface area contributed by atoms with Crippen molar-refractivity contribution >= 4 is 21.5 Å². The Kier molecular flexibility index (Phi) is 7.20. The van der Waals surface area contributed by atoms with E-state index in [-0.39, 0.29) is 26.2 Å². The van der Waals surface area contributed by atoms with Crippen molar-refractivity contribution in [1.82, 2.24) is 0 Å². The fraction of sp³-hybridized carbons (Fsp3) is 0.500. The van der Waals surface area contributed by atoms with E-state index in [1.165, 1.54) is 58.4 Å². The monoisotopic (exact) mass is 568 g/mol. The number of aryl methyl sites for hydroxylation is 2. The molecule has 37 heavy (non-hydrogen) atoms. The predicted octanol–water partition coefficient (Wildman–Crippen LogP) is 10.4. The molecule has 6 rings (SSSR count). The molecular formula is C36H46Zr. The van der Waals surface area contributed by atoms with Crippen molar-refractivity contribution in [3.05, 3.63) is 81.9 Å². The van der Waals surface area contributed by atoms with Gasteiger partial charge in [0.25, 0.3) is 0 Å². The van der Waals surface area contributed by atoms with Crippen LogP contribution in [0.25, 0.3) is 21.5 Å². The summed E-state index contributed by atoms with van der Waals surface area (Å²) < 4.78 is 0. The summed E-state index contributed by atoms with van der Waals surface area (Å²) in [6, 6.07) is 18.8. The van der Waals surface area contributed by atoms with Gasteiger partial charge in [0.05, 0.1) is 0 Å². The van der Waals surface area contributed by atoms with Gasteiger partial charge in [-0.1, -0.05) is 91.5 Å². The van der Waals surface area contributed by atoms with Gasteiger partial charge in [0, 0.05) is 0 Å². The Hall–Kier alpha value is -1.46. The molecule has 0 atom stereocenters. The third kappa shape index (κ3) is 4.88. The summed E-state index contributed by atoms with van der Waals surface area (Å²) in [6.07, 6.45) is 5.16. The van der Waals surface area contributed by atoms with E-state index in [1.54, 1.807) is 22.3 Å². The fourth-order valence-electron chi connectivity index (χ4n) is 6.83. The average Bonchev–Trinajstić information content (AvgIpc) is 3.36. The van der Waals surface area contributed by atoms with Gasteiger partial charge in [0.15, 0.2) is 0 Å². The van der Waals surface area contributed by atoms with Crippen LogP contribution in [0.3, 0.4) is 0 Å². The van der Waals surface area contributed by atoms with E-state index in [0.29, 0.717) is 21.7 Å². The van der Waals surface area contributed by atoms with Gasteiger partial charge in [-0.15, -0.1) is 57.9 Å². The summed E-state index contributed by atoms with van der Waals surface area (Å²) in [7, 11) is 0. The summed E-state index contributed by atoms with van der Waals surface area (Å²) in [5.41, 5.74) is 10.4. The summed E-state index contributed by atoms with van der Waals surface area (Å²) >= 11 is 0. The van der Waals surface area contributed by atoms with E-state index in [2.05, 4.69) is 118 Å². The molecule has 0 nitrogen and oxygen atoms in total. The van der Waals surface area contributed by atoms with E-state index in [4.69, 9.17) is 0 Å². The summed E-state index contributed by atoms with van der Waals surface area (Å²) in [4.78, 5) is 0. The molecule has 0 heterocycles. The second-order valence-electron chi connectivity index (χ2n) is 14.5. The standard InChI is InChI=1S/2C18H23.Zr/c2*1-12-6-7-13-10-15-16(11-14(12)13)18(4,5)9-8-17(15,2)3;/h2*6-7,10-11H,8-9H2,1-5H3;/q2*-1;+2. The number of rotatable bonds is 0. The maximum atomic E-state index is 2.46. The van der Waals surface area contributed by atoms with Crippen LogP contribution in [-0.2, 0) is 47.9 Å². The predicted molar refractivity (Wildman–Crippen MR) is 159 cm³/mol. The van der Waals surface area contributed by atoms with Crippen molar-refractivity contribution < 1.29 is 26.2 Å². The molecule has 2 aliphatic carbocycles. The molecule has 194 valence electrons. The van der Waals surface area contributed by atoms with Gasteiger partial charge in [-0.25, -0.2) is 0 Å². The molecule has 0 bridgehead atoms. The Balaban J connectivity index is 0.000000168. The first-order valence-electron chi connectivity index (χ1n) is 14.0. The van der Waals surface area contributed by atoms with E-state index in [9.17, 15) is 0 Å². The van der Waals surface area contributed by atoms with Crippen molar-refractivity contribution in [1.29, 1.82) is 0 Å². The van der Waals surface area contributed by atoms with Crippen molar-refractivity contribution in [3.8, 4) is 0 Å². The SMILES string of the molecule is Cc1c[cH-]c2cc3c(cc12)C(C)(C)CCC3(C)C.Cc1c[cH-]c2cc3c(cc12)C(C)(C)CCC3(C)C.[Zr+2]. The van der Waals surface area contributed by atoms with Gasteiger partial charge in [0.2, 0.25) is 0 Å². The van der Waals surface area contributed by atoms with Crippen LogP contribution in [0, 0.1) is 13.8 Å². The van der Waals surface area contributed by atoms with Crippen LogP contribution in [0.4, 0.5) is 0 Å². The van der Waals surface area contributed by atoms with Gasteiger partial charge >= 0.3 is 26.2 Å². The quantitative estimate of drug-likeness (QED) is 0.185. The average molecular weight is 570 g/mol. The molecule has 0 amide bonds. The Morgan fingerprint density at radius 2 is 0.757 bits per heavy atom. The molecule has 0 fully saturated rings. The van der Waals surface area contributed by atoms with E-state index in [1.807, 2.05) is 0 Å². The van der Waals surface area contributed by atoms with Crippen LogP contribution in [0.2, 0.25) is 0 Å². The van der Waals surface area contributed by atoms with Gasteiger partial charge in [-0.2, -0.15) is 23.3 Å². The number of benzene rings is 2. The third-order valence-corrected chi connectivity index (χ3v) is 9.92. The molecule has 4 aromatic carbocycles. The zero-order valence-corrected chi connectivity index (χ0v) is 27.4. The molecule has 0 radical (unpaired) electrons. The minimum Gasteiger partial charge on any atom is -0.156 e. The molecule has 0 aromatic heterocycles. The third-order valence-electron chi connectivity index (χ3n) is 9.92. The van der Waals surface area contributed by atoms with Crippen LogP contribution in [0.1, 0.15) is 114 Å². The zero-order valence-electron chi connectivity index (χ0n) is 24.9. The first-order valence-corrected chi connectivity index (χ1v) is 14.0. The molecular weight excluding hydrogens is 524 g/mol. The van der Waals surface area contributed by atoms with Gasteiger partial charge in [0.1, 0.15) is 0 Å². The number of fused-ring (bicyclic) bond motifs is 4. The van der Waals surface area contributed by atoms with E-state index < -0.39 is 0 Å². The Morgan fingerprint density at radius 3 is 1.05 bits per heavy atom. The van der Waals surface area contributed by atoms with Crippen molar-refractivity contribution in [2.75, 3.05) is 0 Å². The summed E-state index contributed by atoms with van der Waals surface area (Å²) in [6.45, 7) is 23.6. The summed E-state index contributed by atoms with van der Waals surface area (Å²) in [5.74, 6) is 0. The number of hydrogen-bond acceptors (Lipinski definition) is 0. The minimum atomic E-state index is 0. The first-order chi connectivity index (χ1) is 16.6. The Labute approximate surface area is 245 Å². The Morgan fingerprint density at radius 1 is 0.486 bits per heavy atom. The smallest absolute Gasteiger partial charge is 0.156 e.